The van der Waals surface area contributed by atoms with Crippen molar-refractivity contribution in [2.24, 2.45) is 0 Å². The van der Waals surface area contributed by atoms with Gasteiger partial charge in [-0.3, -0.25) is 0 Å². The molecule has 0 aliphatic heterocycles. The normalized spacial score (nSPS) is 8.94. The van der Waals surface area contributed by atoms with Crippen molar-refractivity contribution in [1.82, 2.24) is 0 Å². The first-order valence-electron chi connectivity index (χ1n) is 4.64. The molecule has 0 spiro atoms. The molecule has 1 rings (SSSR count). The van der Waals surface area contributed by atoms with Gasteiger partial charge in [0.2, 0.25) is 0 Å². The molecule has 0 atom stereocenters. The maximum atomic E-state index is 8.63. The number of methoxy groups -OCH3 is 1. The van der Waals surface area contributed by atoms with Gasteiger partial charge >= 0.3 is 0 Å². The lowest BCUT2D eigenvalue weighted by Crippen LogP contribution is -1.99. The Labute approximate surface area is 108 Å². The average molecular weight is 293 g/mol. The fourth-order valence-corrected chi connectivity index (χ4v) is 1.61. The van der Waals surface area contributed by atoms with Crippen molar-refractivity contribution in [3.63, 3.8) is 0 Å². The monoisotopic (exact) mass is 292 g/mol. The molecule has 0 aliphatic carbocycles. The van der Waals surface area contributed by atoms with Crippen molar-refractivity contribution in [1.29, 1.82) is 10.5 Å². The average Bonchev–Trinajstić information content (AvgIpc) is 2.35. The molecule has 0 aromatic heterocycles. The molecule has 4 nitrogen and oxygen atoms in total. The predicted molar refractivity (Wildman–Crippen MR) is 65.8 cm³/mol. The summed E-state index contributed by atoms with van der Waals surface area (Å²) in [6.07, 6.45) is 1.50. The van der Waals surface area contributed by atoms with E-state index in [2.05, 4.69) is 15.9 Å². The molecule has 0 N–H and O–H groups in total. The molecule has 0 saturated heterocycles. The number of hydrogen-bond acceptors (Lipinski definition) is 4. The molecule has 0 aliphatic rings. The summed E-state index contributed by atoms with van der Waals surface area (Å²) < 4.78 is 10.8. The molecule has 0 saturated carbocycles. The van der Waals surface area contributed by atoms with Crippen LogP contribution >= 0.6 is 15.9 Å². The van der Waals surface area contributed by atoms with Crippen LogP contribution in [-0.2, 0) is 4.74 Å². The van der Waals surface area contributed by atoms with E-state index in [0.717, 1.165) is 10.0 Å². The third kappa shape index (κ3) is 3.92. The molecule has 0 radical (unpaired) electrons. The van der Waals surface area contributed by atoms with Gasteiger partial charge in [0, 0.05) is 7.11 Å². The smallest absolute Gasteiger partial charge is 0.188 e. The molecule has 17 heavy (non-hydrogen) atoms. The van der Waals surface area contributed by atoms with Crippen LogP contribution in [0.4, 0.5) is 0 Å². The van der Waals surface area contributed by atoms with Crippen LogP contribution in [0.2, 0.25) is 0 Å². The first-order valence-corrected chi connectivity index (χ1v) is 5.43. The Morgan fingerprint density at radius 2 is 2.12 bits per heavy atom. The summed E-state index contributed by atoms with van der Waals surface area (Å²) in [4.78, 5) is 0. The van der Waals surface area contributed by atoms with E-state index in [0.29, 0.717) is 5.75 Å². The number of rotatable bonds is 4. The second-order valence-corrected chi connectivity index (χ2v) is 3.88. The molecule has 0 amide bonds. The van der Waals surface area contributed by atoms with Crippen molar-refractivity contribution in [3.05, 3.63) is 33.8 Å². The van der Waals surface area contributed by atoms with Crippen molar-refractivity contribution in [2.45, 2.75) is 0 Å². The Hall–Kier alpha value is -1.82. The summed E-state index contributed by atoms with van der Waals surface area (Å²) in [5.41, 5.74) is 0.808. The van der Waals surface area contributed by atoms with Crippen LogP contribution in [0.1, 0.15) is 5.56 Å². The highest BCUT2D eigenvalue weighted by atomic mass is 79.9. The fraction of sp³-hybridized carbons (Fsp3) is 0.167. The Morgan fingerprint density at radius 3 is 2.65 bits per heavy atom. The minimum Gasteiger partial charge on any atom is -0.466 e. The minimum atomic E-state index is 0.0578. The van der Waals surface area contributed by atoms with Crippen LogP contribution < -0.4 is 4.74 Å². The lowest BCUT2D eigenvalue weighted by atomic mass is 10.1. The van der Waals surface area contributed by atoms with Crippen LogP contribution in [-0.4, -0.2) is 13.9 Å². The van der Waals surface area contributed by atoms with Gasteiger partial charge in [0.1, 0.15) is 23.5 Å². The van der Waals surface area contributed by atoms with E-state index < -0.39 is 0 Å². The largest absolute Gasteiger partial charge is 0.466 e. The van der Waals surface area contributed by atoms with Crippen LogP contribution in [0.15, 0.2) is 28.2 Å². The number of halogens is 1. The van der Waals surface area contributed by atoms with E-state index in [9.17, 15) is 0 Å². The Bertz CT molecular complexity index is 496. The molecule has 1 aromatic carbocycles. The summed E-state index contributed by atoms with van der Waals surface area (Å²) in [6.45, 7) is 0.162. The van der Waals surface area contributed by atoms with Crippen LogP contribution in [0.5, 0.6) is 5.75 Å². The molecule has 86 valence electrons. The summed E-state index contributed by atoms with van der Waals surface area (Å²) in [5.74, 6) is 0.638. The van der Waals surface area contributed by atoms with E-state index in [1.165, 1.54) is 13.2 Å². The van der Waals surface area contributed by atoms with Gasteiger partial charge in [-0.2, -0.15) is 10.5 Å². The third-order valence-electron chi connectivity index (χ3n) is 1.84. The number of nitrogens with zero attached hydrogens (tertiary/aromatic N) is 2. The van der Waals surface area contributed by atoms with E-state index in [-0.39, 0.29) is 12.4 Å². The van der Waals surface area contributed by atoms with Gasteiger partial charge in [0.05, 0.1) is 4.47 Å². The predicted octanol–water partition coefficient (Wildman–Crippen LogP) is 2.86. The van der Waals surface area contributed by atoms with Crippen LogP contribution in [0, 0.1) is 22.7 Å². The zero-order valence-corrected chi connectivity index (χ0v) is 10.7. The van der Waals surface area contributed by atoms with Gasteiger partial charge in [0.15, 0.2) is 6.79 Å². The Balaban J connectivity index is 2.94. The lowest BCUT2D eigenvalue weighted by molar-refractivity contribution is 0.0506. The van der Waals surface area contributed by atoms with E-state index >= 15 is 0 Å². The standard InChI is InChI=1S/C12H9BrN2O2/c1-16-8-17-12-3-2-9(5-11(12)13)4-10(6-14)7-15/h2-5H,8H2,1H3. The summed E-state index contributed by atoms with van der Waals surface area (Å²) in [6, 6.07) is 8.86. The van der Waals surface area contributed by atoms with Crippen molar-refractivity contribution in [2.75, 3.05) is 13.9 Å². The number of allylic oxidation sites excluding steroid dienone is 1. The highest BCUT2D eigenvalue weighted by molar-refractivity contribution is 9.10. The Kier molecular flexibility index (Phi) is 5.22. The highest BCUT2D eigenvalue weighted by Crippen LogP contribution is 2.26. The molecule has 0 bridgehead atoms. The minimum absolute atomic E-state index is 0.0578. The van der Waals surface area contributed by atoms with Gasteiger partial charge in [-0.15, -0.1) is 0 Å². The van der Waals surface area contributed by atoms with Crippen molar-refractivity contribution >= 4 is 22.0 Å². The summed E-state index contributed by atoms with van der Waals surface area (Å²) in [5, 5.41) is 17.3. The van der Waals surface area contributed by atoms with E-state index in [1.807, 2.05) is 0 Å². The van der Waals surface area contributed by atoms with Gasteiger partial charge in [-0.25, -0.2) is 0 Å². The summed E-state index contributed by atoms with van der Waals surface area (Å²) >= 11 is 3.34. The third-order valence-corrected chi connectivity index (χ3v) is 2.46. The van der Waals surface area contributed by atoms with Crippen molar-refractivity contribution in [3.8, 4) is 17.9 Å². The van der Waals surface area contributed by atoms with Crippen LogP contribution in [0.3, 0.4) is 0 Å². The molecule has 0 fully saturated rings. The van der Waals surface area contributed by atoms with Crippen molar-refractivity contribution < 1.29 is 9.47 Å². The van der Waals surface area contributed by atoms with Gasteiger partial charge in [0.25, 0.3) is 0 Å². The number of hydrogen-bond donors (Lipinski definition) is 0. The number of nitriles is 2. The van der Waals surface area contributed by atoms with Crippen LogP contribution in [0.25, 0.3) is 6.08 Å². The fourth-order valence-electron chi connectivity index (χ4n) is 1.10. The van der Waals surface area contributed by atoms with Gasteiger partial charge in [-0.1, -0.05) is 6.07 Å². The van der Waals surface area contributed by atoms with E-state index in [1.54, 1.807) is 30.3 Å². The maximum absolute atomic E-state index is 8.63. The Morgan fingerprint density at radius 1 is 1.41 bits per heavy atom. The SMILES string of the molecule is COCOc1ccc(C=C(C#N)C#N)cc1Br. The first-order chi connectivity index (χ1) is 8.21. The first kappa shape index (κ1) is 13.2. The summed E-state index contributed by atoms with van der Waals surface area (Å²) in [7, 11) is 1.54. The number of ether oxygens (including phenoxy) is 2. The quantitative estimate of drug-likeness (QED) is 0.632. The second kappa shape index (κ2) is 6.70. The molecule has 1 aromatic rings. The molecular formula is C12H9BrN2O2. The topological polar surface area (TPSA) is 66.0 Å². The lowest BCUT2D eigenvalue weighted by Gasteiger charge is -2.07. The molecule has 0 unspecified atom stereocenters. The zero-order chi connectivity index (χ0) is 12.7. The molecule has 5 heteroatoms. The number of benzene rings is 1. The highest BCUT2D eigenvalue weighted by Gasteiger charge is 2.02. The zero-order valence-electron chi connectivity index (χ0n) is 9.11. The van der Waals surface area contributed by atoms with Gasteiger partial charge < -0.3 is 9.47 Å². The van der Waals surface area contributed by atoms with E-state index in [4.69, 9.17) is 20.0 Å². The second-order valence-electron chi connectivity index (χ2n) is 3.02. The molecule has 0 heterocycles. The van der Waals surface area contributed by atoms with Gasteiger partial charge in [-0.05, 0) is 39.7 Å². The molecular weight excluding hydrogens is 284 g/mol. The maximum Gasteiger partial charge on any atom is 0.188 e.